The molecule has 1 atom stereocenters. The molecule has 92 valence electrons. The number of amides is 1. The maximum Gasteiger partial charge on any atom is 0.236 e. The summed E-state index contributed by atoms with van der Waals surface area (Å²) in [7, 11) is 0. The topological polar surface area (TPSA) is 45.2 Å². The number of pyridine rings is 1. The fraction of sp³-hybridized carbons (Fsp3) is 0.538. The first-order valence-electron chi connectivity index (χ1n) is 6.18. The summed E-state index contributed by atoms with van der Waals surface area (Å²) in [5, 5.41) is 3.26. The Morgan fingerprint density at radius 2 is 2.06 bits per heavy atom. The standard InChI is InChI=1S/C13H19N3O/c1-11(12-4-6-14-7-5-12)15-10-13(17)16-8-2-3-9-16/h4-7,11,15H,2-3,8-10H2,1H3/t11-/m1/s1. The van der Waals surface area contributed by atoms with Crippen molar-refractivity contribution in [2.45, 2.75) is 25.8 Å². The molecule has 17 heavy (non-hydrogen) atoms. The highest BCUT2D eigenvalue weighted by Crippen LogP contribution is 2.11. The van der Waals surface area contributed by atoms with Gasteiger partial charge in [0.1, 0.15) is 0 Å². The van der Waals surface area contributed by atoms with Gasteiger partial charge in [-0.2, -0.15) is 0 Å². The molecule has 0 aliphatic carbocycles. The van der Waals surface area contributed by atoms with Crippen LogP contribution in [0.15, 0.2) is 24.5 Å². The van der Waals surface area contributed by atoms with E-state index in [9.17, 15) is 4.79 Å². The summed E-state index contributed by atoms with van der Waals surface area (Å²) in [4.78, 5) is 17.8. The van der Waals surface area contributed by atoms with Crippen LogP contribution in [0.25, 0.3) is 0 Å². The number of carbonyl (C=O) groups excluding carboxylic acids is 1. The molecule has 0 bridgehead atoms. The Hall–Kier alpha value is -1.42. The smallest absolute Gasteiger partial charge is 0.236 e. The van der Waals surface area contributed by atoms with Crippen molar-refractivity contribution in [3.8, 4) is 0 Å². The van der Waals surface area contributed by atoms with Crippen LogP contribution in [0, 0.1) is 0 Å². The van der Waals surface area contributed by atoms with Gasteiger partial charge < -0.3 is 10.2 Å². The molecule has 1 amide bonds. The molecule has 1 aromatic heterocycles. The van der Waals surface area contributed by atoms with Gasteiger partial charge in [-0.25, -0.2) is 0 Å². The number of hydrogen-bond acceptors (Lipinski definition) is 3. The Morgan fingerprint density at radius 1 is 1.41 bits per heavy atom. The van der Waals surface area contributed by atoms with E-state index in [0.29, 0.717) is 6.54 Å². The number of rotatable bonds is 4. The van der Waals surface area contributed by atoms with Gasteiger partial charge in [-0.3, -0.25) is 9.78 Å². The zero-order valence-electron chi connectivity index (χ0n) is 10.2. The molecule has 1 fully saturated rings. The summed E-state index contributed by atoms with van der Waals surface area (Å²) in [5.41, 5.74) is 1.16. The van der Waals surface area contributed by atoms with Crippen LogP contribution in [0.1, 0.15) is 31.4 Å². The van der Waals surface area contributed by atoms with Crippen molar-refractivity contribution in [1.82, 2.24) is 15.2 Å². The summed E-state index contributed by atoms with van der Waals surface area (Å²) in [6, 6.07) is 4.13. The van der Waals surface area contributed by atoms with Crippen LogP contribution in [0.3, 0.4) is 0 Å². The van der Waals surface area contributed by atoms with E-state index in [1.807, 2.05) is 17.0 Å². The molecular weight excluding hydrogens is 214 g/mol. The summed E-state index contributed by atoms with van der Waals surface area (Å²) in [5.74, 6) is 0.211. The Labute approximate surface area is 102 Å². The highest BCUT2D eigenvalue weighted by molar-refractivity contribution is 5.78. The third-order valence-corrected chi connectivity index (χ3v) is 3.22. The minimum atomic E-state index is 0.185. The SMILES string of the molecule is C[C@@H](NCC(=O)N1CCCC1)c1ccncc1. The molecule has 4 nitrogen and oxygen atoms in total. The first-order valence-corrected chi connectivity index (χ1v) is 6.18. The van der Waals surface area contributed by atoms with Gasteiger partial charge in [0.2, 0.25) is 5.91 Å². The van der Waals surface area contributed by atoms with Crippen LogP contribution in [-0.4, -0.2) is 35.4 Å². The molecule has 4 heteroatoms. The van der Waals surface area contributed by atoms with Crippen molar-refractivity contribution >= 4 is 5.91 Å². The lowest BCUT2D eigenvalue weighted by atomic mass is 10.1. The minimum Gasteiger partial charge on any atom is -0.342 e. The van der Waals surface area contributed by atoms with Gasteiger partial charge in [0, 0.05) is 31.5 Å². The average molecular weight is 233 g/mol. The predicted octanol–water partition coefficient (Wildman–Crippen LogP) is 1.35. The Balaban J connectivity index is 1.80. The van der Waals surface area contributed by atoms with Gasteiger partial charge >= 0.3 is 0 Å². The third kappa shape index (κ3) is 3.27. The van der Waals surface area contributed by atoms with Crippen LogP contribution in [-0.2, 0) is 4.79 Å². The van der Waals surface area contributed by atoms with Crippen molar-refractivity contribution in [3.63, 3.8) is 0 Å². The fourth-order valence-corrected chi connectivity index (χ4v) is 2.09. The molecular formula is C13H19N3O. The molecule has 1 aliphatic heterocycles. The second-order valence-corrected chi connectivity index (χ2v) is 4.47. The van der Waals surface area contributed by atoms with E-state index >= 15 is 0 Å². The highest BCUT2D eigenvalue weighted by Gasteiger charge is 2.18. The number of carbonyl (C=O) groups is 1. The molecule has 2 rings (SSSR count). The third-order valence-electron chi connectivity index (χ3n) is 3.22. The zero-order chi connectivity index (χ0) is 12.1. The first-order chi connectivity index (χ1) is 8.27. The molecule has 2 heterocycles. The molecule has 0 aromatic carbocycles. The van der Waals surface area contributed by atoms with Crippen LogP contribution in [0.5, 0.6) is 0 Å². The summed E-state index contributed by atoms with van der Waals surface area (Å²) in [6.07, 6.45) is 5.84. The second kappa shape index (κ2) is 5.77. The van der Waals surface area contributed by atoms with Gasteiger partial charge in [0.25, 0.3) is 0 Å². The lowest BCUT2D eigenvalue weighted by molar-refractivity contribution is -0.129. The van der Waals surface area contributed by atoms with Gasteiger partial charge in [-0.1, -0.05) is 0 Å². The Bertz CT molecular complexity index is 360. The van der Waals surface area contributed by atoms with Crippen LogP contribution < -0.4 is 5.32 Å². The summed E-state index contributed by atoms with van der Waals surface area (Å²) < 4.78 is 0. The lowest BCUT2D eigenvalue weighted by Gasteiger charge is -2.18. The summed E-state index contributed by atoms with van der Waals surface area (Å²) >= 11 is 0. The number of likely N-dealkylation sites (tertiary alicyclic amines) is 1. The van der Waals surface area contributed by atoms with Gasteiger partial charge in [-0.05, 0) is 37.5 Å². The largest absolute Gasteiger partial charge is 0.342 e. The minimum absolute atomic E-state index is 0.185. The molecule has 1 aromatic rings. The molecule has 1 saturated heterocycles. The quantitative estimate of drug-likeness (QED) is 0.854. The van der Waals surface area contributed by atoms with Crippen molar-refractivity contribution in [2.75, 3.05) is 19.6 Å². The van der Waals surface area contributed by atoms with Crippen molar-refractivity contribution < 1.29 is 4.79 Å². The number of nitrogens with zero attached hydrogens (tertiary/aromatic N) is 2. The number of aromatic nitrogens is 1. The number of hydrogen-bond donors (Lipinski definition) is 1. The van der Waals surface area contributed by atoms with Crippen LogP contribution in [0.2, 0.25) is 0 Å². The van der Waals surface area contributed by atoms with E-state index in [1.54, 1.807) is 12.4 Å². The Morgan fingerprint density at radius 3 is 2.71 bits per heavy atom. The maximum absolute atomic E-state index is 11.8. The van der Waals surface area contributed by atoms with Crippen molar-refractivity contribution in [3.05, 3.63) is 30.1 Å². The highest BCUT2D eigenvalue weighted by atomic mass is 16.2. The van der Waals surface area contributed by atoms with Crippen LogP contribution >= 0.6 is 0 Å². The van der Waals surface area contributed by atoms with E-state index in [2.05, 4.69) is 17.2 Å². The van der Waals surface area contributed by atoms with Crippen molar-refractivity contribution in [2.24, 2.45) is 0 Å². The molecule has 1 N–H and O–H groups in total. The molecule has 0 spiro atoms. The molecule has 1 aliphatic rings. The Kier molecular flexibility index (Phi) is 4.09. The second-order valence-electron chi connectivity index (χ2n) is 4.47. The monoisotopic (exact) mass is 233 g/mol. The first kappa shape index (κ1) is 12.0. The molecule has 0 saturated carbocycles. The molecule has 0 unspecified atom stereocenters. The lowest BCUT2D eigenvalue weighted by Crippen LogP contribution is -2.37. The van der Waals surface area contributed by atoms with E-state index in [4.69, 9.17) is 0 Å². The van der Waals surface area contributed by atoms with Crippen LogP contribution in [0.4, 0.5) is 0 Å². The maximum atomic E-state index is 11.8. The van der Waals surface area contributed by atoms with E-state index < -0.39 is 0 Å². The average Bonchev–Trinajstić information content (AvgIpc) is 2.90. The fourth-order valence-electron chi connectivity index (χ4n) is 2.09. The molecule has 0 radical (unpaired) electrons. The van der Waals surface area contributed by atoms with E-state index in [0.717, 1.165) is 31.5 Å². The van der Waals surface area contributed by atoms with E-state index in [1.165, 1.54) is 0 Å². The van der Waals surface area contributed by atoms with Gasteiger partial charge in [-0.15, -0.1) is 0 Å². The van der Waals surface area contributed by atoms with E-state index in [-0.39, 0.29) is 11.9 Å². The normalized spacial score (nSPS) is 17.1. The van der Waals surface area contributed by atoms with Gasteiger partial charge in [0.15, 0.2) is 0 Å². The zero-order valence-corrected chi connectivity index (χ0v) is 10.2. The summed E-state index contributed by atoms with van der Waals surface area (Å²) in [6.45, 7) is 4.32. The van der Waals surface area contributed by atoms with Crippen molar-refractivity contribution in [1.29, 1.82) is 0 Å². The number of nitrogens with one attached hydrogen (secondary N) is 1. The van der Waals surface area contributed by atoms with Gasteiger partial charge in [0.05, 0.1) is 6.54 Å². The predicted molar refractivity (Wildman–Crippen MR) is 66.5 cm³/mol.